The Balaban J connectivity index is 1.83. The summed E-state index contributed by atoms with van der Waals surface area (Å²) in [5.41, 5.74) is 0.965. The summed E-state index contributed by atoms with van der Waals surface area (Å²) in [5, 5.41) is 27.5. The molecule has 0 fully saturated rings. The fourth-order valence-corrected chi connectivity index (χ4v) is 4.07. The molecule has 1 aromatic heterocycles. The number of hydrogen-bond acceptors (Lipinski definition) is 8. The molecular weight excluding hydrogens is 463 g/mol. The maximum atomic E-state index is 13.2. The molecule has 1 atom stereocenters. The van der Waals surface area contributed by atoms with Crippen molar-refractivity contribution < 1.29 is 27.7 Å². The predicted molar refractivity (Wildman–Crippen MR) is 118 cm³/mol. The molecule has 11 heteroatoms. The Morgan fingerprint density at radius 3 is 2.63 bits per heavy atom. The molecule has 0 spiro atoms. The van der Waals surface area contributed by atoms with E-state index in [9.17, 15) is 28.4 Å². The number of ketones is 1. The summed E-state index contributed by atoms with van der Waals surface area (Å²) in [4.78, 5) is 17.2. The topological polar surface area (TPSA) is 115 Å². The molecule has 0 saturated carbocycles. The van der Waals surface area contributed by atoms with Crippen molar-refractivity contribution in [2.24, 2.45) is 0 Å². The highest BCUT2D eigenvalue weighted by Crippen LogP contribution is 2.41. The Hall–Kier alpha value is -4.01. The maximum Gasteiger partial charge on any atom is 0.416 e. The number of nitrogens with one attached hydrogen (secondary N) is 1. The minimum Gasteiger partial charge on any atom is -0.358 e. The number of aromatic nitrogens is 2. The number of hydroxylamine groups is 2. The predicted octanol–water partition coefficient (Wildman–Crippen LogP) is 5.03. The summed E-state index contributed by atoms with van der Waals surface area (Å²) in [6.45, 7) is 1.62. The quantitative estimate of drug-likeness (QED) is 0.470. The minimum absolute atomic E-state index is 0.0971. The lowest BCUT2D eigenvalue weighted by Crippen LogP contribution is -2.27. The van der Waals surface area contributed by atoms with Crippen molar-refractivity contribution >= 4 is 11.5 Å². The van der Waals surface area contributed by atoms with Crippen LogP contribution in [0.3, 0.4) is 0 Å². The van der Waals surface area contributed by atoms with Crippen molar-refractivity contribution in [3.63, 3.8) is 0 Å². The van der Waals surface area contributed by atoms with E-state index in [-0.39, 0.29) is 35.8 Å². The van der Waals surface area contributed by atoms with Crippen LogP contribution in [-0.4, -0.2) is 33.2 Å². The van der Waals surface area contributed by atoms with Crippen molar-refractivity contribution in [2.45, 2.75) is 32.0 Å². The maximum absolute atomic E-state index is 13.2. The first kappa shape index (κ1) is 24.1. The number of hydrogen-bond donors (Lipinski definition) is 2. The number of nitriles is 1. The number of anilines is 1. The summed E-state index contributed by atoms with van der Waals surface area (Å²) < 4.78 is 44.8. The molecule has 1 aliphatic rings. The molecular formula is C24H20F3N5O3. The van der Waals surface area contributed by atoms with Gasteiger partial charge in [-0.05, 0) is 49.2 Å². The van der Waals surface area contributed by atoms with Crippen LogP contribution < -0.4 is 5.32 Å². The van der Waals surface area contributed by atoms with Crippen molar-refractivity contribution in [1.82, 2.24) is 15.2 Å². The summed E-state index contributed by atoms with van der Waals surface area (Å²) in [6, 6.07) is 10.3. The van der Waals surface area contributed by atoms with Gasteiger partial charge in [-0.25, -0.2) is 0 Å². The van der Waals surface area contributed by atoms with E-state index in [4.69, 9.17) is 4.52 Å². The van der Waals surface area contributed by atoms with Crippen molar-refractivity contribution in [1.29, 1.82) is 5.26 Å². The summed E-state index contributed by atoms with van der Waals surface area (Å²) in [5.74, 6) is 0.174. The molecule has 1 aliphatic carbocycles. The second-order valence-electron chi connectivity index (χ2n) is 8.06. The molecule has 3 aromatic rings. The van der Waals surface area contributed by atoms with Gasteiger partial charge in [0.25, 0.3) is 5.89 Å². The fraction of sp³-hybridized carbons (Fsp3) is 0.250. The highest BCUT2D eigenvalue weighted by Gasteiger charge is 2.36. The first-order valence-corrected chi connectivity index (χ1v) is 10.6. The molecule has 2 aromatic carbocycles. The Bertz CT molecular complexity index is 1350. The third-order valence-electron chi connectivity index (χ3n) is 5.59. The number of aryl methyl sites for hydroxylation is 1. The molecule has 0 amide bonds. The van der Waals surface area contributed by atoms with Crippen LogP contribution in [0.1, 0.15) is 41.4 Å². The normalized spacial score (nSPS) is 15.0. The second-order valence-corrected chi connectivity index (χ2v) is 8.06. The van der Waals surface area contributed by atoms with Crippen LogP contribution >= 0.6 is 0 Å². The molecule has 2 N–H and O–H groups in total. The van der Waals surface area contributed by atoms with Crippen LogP contribution in [0.25, 0.3) is 11.5 Å². The van der Waals surface area contributed by atoms with Gasteiger partial charge >= 0.3 is 6.18 Å². The molecule has 1 heterocycles. The first-order chi connectivity index (χ1) is 16.6. The van der Waals surface area contributed by atoms with Crippen molar-refractivity contribution in [2.75, 3.05) is 12.4 Å². The number of carbonyl (C=O) groups excluding carboxylic acids is 1. The summed E-state index contributed by atoms with van der Waals surface area (Å²) in [6.07, 6.45) is -4.15. The SMILES string of the molecule is Cc1noc(-c2cc(C#N)ccc2C(C2=C(Nc3cccc(C(F)(F)F)c3)CCC2=O)N(C)O)n1. The second kappa shape index (κ2) is 9.32. The van der Waals surface area contributed by atoms with Crippen LogP contribution in [0.2, 0.25) is 0 Å². The van der Waals surface area contributed by atoms with E-state index in [1.165, 1.54) is 31.3 Å². The molecule has 4 rings (SSSR count). The van der Waals surface area contributed by atoms with Gasteiger partial charge in [0.15, 0.2) is 11.6 Å². The third-order valence-corrected chi connectivity index (χ3v) is 5.59. The van der Waals surface area contributed by atoms with Gasteiger partial charge in [-0.1, -0.05) is 17.3 Å². The molecule has 0 aliphatic heterocycles. The van der Waals surface area contributed by atoms with E-state index in [2.05, 4.69) is 15.5 Å². The third kappa shape index (κ3) is 4.94. The number of allylic oxidation sites excluding steroid dienone is 1. The molecule has 8 nitrogen and oxygen atoms in total. The van der Waals surface area contributed by atoms with Gasteiger partial charge in [0.05, 0.1) is 23.2 Å². The average molecular weight is 483 g/mol. The van der Waals surface area contributed by atoms with E-state index in [0.29, 0.717) is 28.2 Å². The van der Waals surface area contributed by atoms with E-state index in [1.807, 2.05) is 6.07 Å². The van der Waals surface area contributed by atoms with Crippen LogP contribution in [0.15, 0.2) is 58.3 Å². The Morgan fingerprint density at radius 2 is 2.00 bits per heavy atom. The number of nitrogens with zero attached hydrogens (tertiary/aromatic N) is 4. The number of likely N-dealkylation sites (N-methyl/N-ethyl adjacent to an activating group) is 1. The molecule has 0 saturated heterocycles. The van der Waals surface area contributed by atoms with Crippen LogP contribution in [0.4, 0.5) is 18.9 Å². The van der Waals surface area contributed by atoms with Gasteiger partial charge < -0.3 is 15.0 Å². The average Bonchev–Trinajstić information content (AvgIpc) is 3.40. The monoisotopic (exact) mass is 483 g/mol. The minimum atomic E-state index is -4.52. The van der Waals surface area contributed by atoms with Crippen LogP contribution in [0, 0.1) is 18.3 Å². The zero-order valence-electron chi connectivity index (χ0n) is 18.7. The lowest BCUT2D eigenvalue weighted by Gasteiger charge is -2.26. The van der Waals surface area contributed by atoms with Gasteiger partial charge in [0.2, 0.25) is 0 Å². The van der Waals surface area contributed by atoms with Gasteiger partial charge in [0.1, 0.15) is 0 Å². The van der Waals surface area contributed by atoms with Gasteiger partial charge in [-0.2, -0.15) is 28.5 Å². The highest BCUT2D eigenvalue weighted by atomic mass is 19.4. The first-order valence-electron chi connectivity index (χ1n) is 10.6. The summed E-state index contributed by atoms with van der Waals surface area (Å²) >= 11 is 0. The van der Waals surface area contributed by atoms with E-state index in [1.54, 1.807) is 13.0 Å². The molecule has 0 bridgehead atoms. The van der Waals surface area contributed by atoms with Crippen LogP contribution in [0.5, 0.6) is 0 Å². The zero-order chi connectivity index (χ0) is 25.3. The standard InChI is InChI=1S/C24H20F3N5O3/c1-13-29-23(35-31-13)18-10-14(12-28)6-7-17(18)22(32(2)34)21-19(8-9-20(21)33)30-16-5-3-4-15(11-16)24(25,26)27/h3-7,10-11,22,30,34H,8-9H2,1-2H3. The smallest absolute Gasteiger partial charge is 0.358 e. The van der Waals surface area contributed by atoms with Crippen molar-refractivity contribution in [3.8, 4) is 17.5 Å². The van der Waals surface area contributed by atoms with Gasteiger partial charge in [-0.3, -0.25) is 4.79 Å². The van der Waals surface area contributed by atoms with E-state index in [0.717, 1.165) is 17.2 Å². The largest absolute Gasteiger partial charge is 0.416 e. The zero-order valence-corrected chi connectivity index (χ0v) is 18.7. The molecule has 0 radical (unpaired) electrons. The van der Waals surface area contributed by atoms with Crippen molar-refractivity contribution in [3.05, 3.63) is 76.2 Å². The number of benzene rings is 2. The number of Topliss-reactive ketones (excluding diaryl/α,β-unsaturated/α-hetero) is 1. The number of halogens is 3. The number of carbonyl (C=O) groups is 1. The molecule has 35 heavy (non-hydrogen) atoms. The fourth-order valence-electron chi connectivity index (χ4n) is 4.07. The molecule has 180 valence electrons. The lowest BCUT2D eigenvalue weighted by molar-refractivity contribution is -0.137. The Kier molecular flexibility index (Phi) is 6.43. The highest BCUT2D eigenvalue weighted by molar-refractivity contribution is 6.01. The van der Waals surface area contributed by atoms with Crippen LogP contribution in [-0.2, 0) is 11.0 Å². The lowest BCUT2D eigenvalue weighted by atomic mass is 9.91. The summed E-state index contributed by atoms with van der Waals surface area (Å²) in [7, 11) is 1.35. The number of rotatable bonds is 6. The van der Waals surface area contributed by atoms with E-state index >= 15 is 0 Å². The Labute approximate surface area is 198 Å². The van der Waals surface area contributed by atoms with Gasteiger partial charge in [0, 0.05) is 36.0 Å². The Morgan fingerprint density at radius 1 is 1.23 bits per heavy atom. The van der Waals surface area contributed by atoms with E-state index < -0.39 is 17.8 Å². The number of alkyl halides is 3. The van der Waals surface area contributed by atoms with Gasteiger partial charge in [-0.15, -0.1) is 0 Å². The molecule has 1 unspecified atom stereocenters.